The minimum absolute atomic E-state index is 0.118. The SMILES string of the molecule is Oc1ccc(F)cc1CNCC1CCCC(O)C1. The van der Waals surface area contributed by atoms with Gasteiger partial charge >= 0.3 is 0 Å². The summed E-state index contributed by atoms with van der Waals surface area (Å²) in [6.07, 6.45) is 3.76. The van der Waals surface area contributed by atoms with Crippen molar-refractivity contribution in [1.29, 1.82) is 0 Å². The number of phenolic OH excluding ortho intramolecular Hbond substituents is 1. The molecule has 100 valence electrons. The first-order valence-corrected chi connectivity index (χ1v) is 6.51. The van der Waals surface area contributed by atoms with Crippen LogP contribution in [-0.2, 0) is 6.54 Å². The lowest BCUT2D eigenvalue weighted by atomic mass is 9.87. The number of phenols is 1. The van der Waals surface area contributed by atoms with Crippen LogP contribution in [0.3, 0.4) is 0 Å². The maximum absolute atomic E-state index is 13.0. The van der Waals surface area contributed by atoms with Crippen molar-refractivity contribution in [1.82, 2.24) is 5.32 Å². The Bertz CT molecular complexity index is 397. The minimum atomic E-state index is -0.335. The van der Waals surface area contributed by atoms with Crippen molar-refractivity contribution >= 4 is 0 Å². The Labute approximate surface area is 107 Å². The van der Waals surface area contributed by atoms with Gasteiger partial charge in [-0.2, -0.15) is 0 Å². The van der Waals surface area contributed by atoms with Crippen LogP contribution in [0, 0.1) is 11.7 Å². The highest BCUT2D eigenvalue weighted by Crippen LogP contribution is 2.24. The summed E-state index contributed by atoms with van der Waals surface area (Å²) < 4.78 is 13.0. The van der Waals surface area contributed by atoms with E-state index in [1.807, 2.05) is 0 Å². The molecule has 0 aromatic heterocycles. The van der Waals surface area contributed by atoms with E-state index in [9.17, 15) is 14.6 Å². The van der Waals surface area contributed by atoms with Gasteiger partial charge in [0.1, 0.15) is 11.6 Å². The molecular formula is C14H20FNO2. The molecule has 0 amide bonds. The molecule has 1 saturated carbocycles. The molecule has 2 atom stereocenters. The monoisotopic (exact) mass is 253 g/mol. The molecule has 2 rings (SSSR count). The number of aromatic hydroxyl groups is 1. The molecule has 1 aromatic rings. The fourth-order valence-corrected chi connectivity index (χ4v) is 2.55. The third kappa shape index (κ3) is 3.68. The van der Waals surface area contributed by atoms with Gasteiger partial charge in [0.25, 0.3) is 0 Å². The zero-order valence-electron chi connectivity index (χ0n) is 10.4. The quantitative estimate of drug-likeness (QED) is 0.771. The van der Waals surface area contributed by atoms with Gasteiger partial charge in [0.2, 0.25) is 0 Å². The van der Waals surface area contributed by atoms with Gasteiger partial charge in [-0.05, 0) is 49.9 Å². The van der Waals surface area contributed by atoms with Crippen LogP contribution in [-0.4, -0.2) is 22.9 Å². The first kappa shape index (κ1) is 13.3. The van der Waals surface area contributed by atoms with Crippen LogP contribution < -0.4 is 5.32 Å². The predicted octanol–water partition coefficient (Wildman–Crippen LogP) is 2.17. The molecule has 4 heteroatoms. The Morgan fingerprint density at radius 2 is 2.17 bits per heavy atom. The number of nitrogens with one attached hydrogen (secondary N) is 1. The van der Waals surface area contributed by atoms with Crippen LogP contribution in [0.25, 0.3) is 0 Å². The third-order valence-corrected chi connectivity index (χ3v) is 3.55. The molecule has 1 fully saturated rings. The molecule has 1 aliphatic carbocycles. The third-order valence-electron chi connectivity index (χ3n) is 3.55. The Morgan fingerprint density at radius 1 is 1.33 bits per heavy atom. The second-order valence-corrected chi connectivity index (χ2v) is 5.09. The van der Waals surface area contributed by atoms with E-state index in [0.29, 0.717) is 18.0 Å². The average molecular weight is 253 g/mol. The van der Waals surface area contributed by atoms with Crippen LogP contribution in [0.2, 0.25) is 0 Å². The lowest BCUT2D eigenvalue weighted by Crippen LogP contribution is -2.28. The van der Waals surface area contributed by atoms with Gasteiger partial charge in [0.05, 0.1) is 6.10 Å². The Balaban J connectivity index is 1.79. The van der Waals surface area contributed by atoms with Gasteiger partial charge in [-0.15, -0.1) is 0 Å². The van der Waals surface area contributed by atoms with Crippen molar-refractivity contribution in [2.24, 2.45) is 5.92 Å². The van der Waals surface area contributed by atoms with Crippen LogP contribution in [0.15, 0.2) is 18.2 Å². The van der Waals surface area contributed by atoms with E-state index in [-0.39, 0.29) is 17.7 Å². The van der Waals surface area contributed by atoms with Crippen LogP contribution in [0.5, 0.6) is 5.75 Å². The second-order valence-electron chi connectivity index (χ2n) is 5.09. The molecule has 3 nitrogen and oxygen atoms in total. The van der Waals surface area contributed by atoms with Crippen molar-refractivity contribution < 1.29 is 14.6 Å². The molecule has 0 spiro atoms. The first-order valence-electron chi connectivity index (χ1n) is 6.51. The normalized spacial score (nSPS) is 24.1. The summed E-state index contributed by atoms with van der Waals surface area (Å²) in [5, 5.41) is 22.3. The van der Waals surface area contributed by atoms with E-state index < -0.39 is 0 Å². The van der Waals surface area contributed by atoms with Gasteiger partial charge in [0.15, 0.2) is 0 Å². The zero-order valence-corrected chi connectivity index (χ0v) is 10.4. The molecule has 18 heavy (non-hydrogen) atoms. The fraction of sp³-hybridized carbons (Fsp3) is 0.571. The van der Waals surface area contributed by atoms with Crippen LogP contribution in [0.4, 0.5) is 4.39 Å². The smallest absolute Gasteiger partial charge is 0.123 e. The lowest BCUT2D eigenvalue weighted by Gasteiger charge is -2.26. The van der Waals surface area contributed by atoms with Crippen LogP contribution >= 0.6 is 0 Å². The number of aliphatic hydroxyl groups is 1. The average Bonchev–Trinajstić information content (AvgIpc) is 2.34. The molecule has 0 bridgehead atoms. The topological polar surface area (TPSA) is 52.5 Å². The maximum atomic E-state index is 13.0. The highest BCUT2D eigenvalue weighted by Gasteiger charge is 2.19. The number of halogens is 1. The minimum Gasteiger partial charge on any atom is -0.508 e. The van der Waals surface area contributed by atoms with Gasteiger partial charge < -0.3 is 15.5 Å². The van der Waals surface area contributed by atoms with E-state index in [4.69, 9.17) is 0 Å². The Morgan fingerprint density at radius 3 is 2.94 bits per heavy atom. The van der Waals surface area contributed by atoms with Crippen molar-refractivity contribution in [2.45, 2.75) is 38.3 Å². The maximum Gasteiger partial charge on any atom is 0.123 e. The summed E-state index contributed by atoms with van der Waals surface area (Å²) in [5.41, 5.74) is 0.575. The summed E-state index contributed by atoms with van der Waals surface area (Å²) in [4.78, 5) is 0. The number of benzene rings is 1. The van der Waals surface area contributed by atoms with Gasteiger partial charge in [-0.3, -0.25) is 0 Å². The molecule has 0 aliphatic heterocycles. The molecule has 3 N–H and O–H groups in total. The lowest BCUT2D eigenvalue weighted by molar-refractivity contribution is 0.101. The predicted molar refractivity (Wildman–Crippen MR) is 67.7 cm³/mol. The van der Waals surface area contributed by atoms with E-state index in [1.165, 1.54) is 18.2 Å². The van der Waals surface area contributed by atoms with Gasteiger partial charge in [0, 0.05) is 12.1 Å². The van der Waals surface area contributed by atoms with Crippen molar-refractivity contribution in [3.63, 3.8) is 0 Å². The summed E-state index contributed by atoms with van der Waals surface area (Å²) in [6, 6.07) is 3.96. The highest BCUT2D eigenvalue weighted by atomic mass is 19.1. The van der Waals surface area contributed by atoms with Gasteiger partial charge in [-0.1, -0.05) is 6.42 Å². The van der Waals surface area contributed by atoms with E-state index in [0.717, 1.165) is 32.2 Å². The van der Waals surface area contributed by atoms with E-state index in [2.05, 4.69) is 5.32 Å². The second kappa shape index (κ2) is 6.16. The summed E-state index contributed by atoms with van der Waals surface area (Å²) in [5.74, 6) is 0.259. The van der Waals surface area contributed by atoms with Crippen molar-refractivity contribution in [3.05, 3.63) is 29.6 Å². The molecule has 0 heterocycles. The zero-order chi connectivity index (χ0) is 13.0. The van der Waals surface area contributed by atoms with Gasteiger partial charge in [-0.25, -0.2) is 4.39 Å². The standard InChI is InChI=1S/C14H20FNO2/c15-12-4-5-14(18)11(7-12)9-16-8-10-2-1-3-13(17)6-10/h4-5,7,10,13,16-18H,1-3,6,8-9H2. The molecule has 1 aromatic carbocycles. The number of aliphatic hydroxyl groups excluding tert-OH is 1. The summed E-state index contributed by atoms with van der Waals surface area (Å²) in [6.45, 7) is 1.25. The van der Waals surface area contributed by atoms with Crippen molar-refractivity contribution in [2.75, 3.05) is 6.54 Å². The van der Waals surface area contributed by atoms with Crippen molar-refractivity contribution in [3.8, 4) is 5.75 Å². The van der Waals surface area contributed by atoms with E-state index >= 15 is 0 Å². The molecular weight excluding hydrogens is 233 g/mol. The number of hydrogen-bond acceptors (Lipinski definition) is 3. The number of hydrogen-bond donors (Lipinski definition) is 3. The largest absolute Gasteiger partial charge is 0.508 e. The van der Waals surface area contributed by atoms with E-state index in [1.54, 1.807) is 0 Å². The molecule has 0 radical (unpaired) electrons. The molecule has 0 saturated heterocycles. The highest BCUT2D eigenvalue weighted by molar-refractivity contribution is 5.32. The summed E-state index contributed by atoms with van der Waals surface area (Å²) in [7, 11) is 0. The first-order chi connectivity index (χ1) is 8.65. The van der Waals surface area contributed by atoms with Crippen LogP contribution in [0.1, 0.15) is 31.2 Å². The Kier molecular flexibility index (Phi) is 4.55. The fourth-order valence-electron chi connectivity index (χ4n) is 2.55. The molecule has 2 unspecified atom stereocenters. The number of rotatable bonds is 4. The summed E-state index contributed by atoms with van der Waals surface area (Å²) >= 11 is 0. The molecule has 1 aliphatic rings. The Hall–Kier alpha value is -1.13.